The number of fused-ring (bicyclic) bond motifs is 1. The Morgan fingerprint density at radius 1 is 1.38 bits per heavy atom. The van der Waals surface area contributed by atoms with E-state index in [0.717, 1.165) is 49.1 Å². The van der Waals surface area contributed by atoms with Crippen molar-refractivity contribution in [3.05, 3.63) is 29.3 Å². The lowest BCUT2D eigenvalue weighted by Crippen LogP contribution is -2.53. The lowest BCUT2D eigenvalue weighted by Gasteiger charge is -2.32. The first-order chi connectivity index (χ1) is 12.5. The van der Waals surface area contributed by atoms with Gasteiger partial charge < -0.3 is 20.7 Å². The predicted molar refractivity (Wildman–Crippen MR) is 104 cm³/mol. The van der Waals surface area contributed by atoms with Crippen molar-refractivity contribution in [1.82, 2.24) is 5.32 Å². The van der Waals surface area contributed by atoms with Crippen LogP contribution in [0.4, 0.5) is 0 Å². The summed E-state index contributed by atoms with van der Waals surface area (Å²) in [7, 11) is -0.992. The lowest BCUT2D eigenvalue weighted by atomic mass is 9.72. The van der Waals surface area contributed by atoms with E-state index in [0.29, 0.717) is 30.6 Å². The molecule has 142 valence electrons. The highest BCUT2D eigenvalue weighted by atomic mass is 16.5. The van der Waals surface area contributed by atoms with E-state index in [9.17, 15) is 9.82 Å². The summed E-state index contributed by atoms with van der Waals surface area (Å²) in [5.41, 5.74) is 7.83. The Bertz CT molecular complexity index is 631. The first kappa shape index (κ1) is 19.2. The zero-order valence-corrected chi connectivity index (χ0v) is 15.9. The van der Waals surface area contributed by atoms with E-state index >= 15 is 0 Å². The Hall–Kier alpha value is -1.53. The molecular formula is C20H31BN2O3. The Morgan fingerprint density at radius 3 is 2.81 bits per heavy atom. The SMILES string of the molecule is Cc1cccc2c1OB(O)[C@@H](NC(=O)CC1CCC([C@H](C)CN)CC1)C2. The number of nitrogens with one attached hydrogen (secondary N) is 1. The summed E-state index contributed by atoms with van der Waals surface area (Å²) in [4.78, 5) is 12.5. The fraction of sp³-hybridized carbons (Fsp3) is 0.650. The first-order valence-electron chi connectivity index (χ1n) is 9.90. The molecule has 1 aromatic rings. The highest BCUT2D eigenvalue weighted by Gasteiger charge is 2.37. The molecule has 1 aliphatic heterocycles. The van der Waals surface area contributed by atoms with Crippen molar-refractivity contribution in [3.63, 3.8) is 0 Å². The Balaban J connectivity index is 1.50. The molecule has 6 heteroatoms. The van der Waals surface area contributed by atoms with E-state index in [4.69, 9.17) is 10.4 Å². The van der Waals surface area contributed by atoms with Crippen LogP contribution in [0.5, 0.6) is 5.75 Å². The zero-order chi connectivity index (χ0) is 18.7. The number of para-hydroxylation sites is 1. The van der Waals surface area contributed by atoms with E-state index in [2.05, 4.69) is 12.2 Å². The van der Waals surface area contributed by atoms with Crippen LogP contribution in [0.1, 0.15) is 50.2 Å². The van der Waals surface area contributed by atoms with Crippen molar-refractivity contribution in [1.29, 1.82) is 0 Å². The smallest absolute Gasteiger partial charge is 0.534 e. The number of hydrogen-bond donors (Lipinski definition) is 3. The standard InChI is InChI=1S/C20H31BN2O3/c1-13-4-3-5-17-11-18(21(25)26-20(13)17)23-19(24)10-15-6-8-16(9-7-15)14(2)12-22/h3-5,14-16,18,25H,6-12,22H2,1-2H3,(H,23,24)/t14-,15?,16?,18+/m1/s1. The molecule has 5 nitrogen and oxygen atoms in total. The first-order valence-corrected chi connectivity index (χ1v) is 9.90. The summed E-state index contributed by atoms with van der Waals surface area (Å²) in [6, 6.07) is 5.94. The number of benzene rings is 1. The van der Waals surface area contributed by atoms with Gasteiger partial charge in [-0.3, -0.25) is 4.79 Å². The van der Waals surface area contributed by atoms with Crippen LogP contribution in [0, 0.1) is 24.7 Å². The van der Waals surface area contributed by atoms with Crippen LogP contribution in [-0.4, -0.2) is 30.5 Å². The molecule has 1 fully saturated rings. The van der Waals surface area contributed by atoms with E-state index in [1.807, 2.05) is 25.1 Å². The summed E-state index contributed by atoms with van der Waals surface area (Å²) in [6.07, 6.45) is 5.65. The van der Waals surface area contributed by atoms with Gasteiger partial charge in [-0.25, -0.2) is 0 Å². The third-order valence-electron chi connectivity index (χ3n) is 6.20. The van der Waals surface area contributed by atoms with E-state index < -0.39 is 7.12 Å². The maximum Gasteiger partial charge on any atom is 0.547 e. The van der Waals surface area contributed by atoms with Gasteiger partial charge in [0.2, 0.25) is 5.91 Å². The molecule has 2 aliphatic rings. The number of hydrogen-bond acceptors (Lipinski definition) is 4. The maximum absolute atomic E-state index is 12.5. The van der Waals surface area contributed by atoms with Crippen LogP contribution in [0.2, 0.25) is 0 Å². The Labute approximate surface area is 156 Å². The van der Waals surface area contributed by atoms with Gasteiger partial charge in [-0.2, -0.15) is 0 Å². The van der Waals surface area contributed by atoms with Gasteiger partial charge in [-0.1, -0.05) is 25.1 Å². The summed E-state index contributed by atoms with van der Waals surface area (Å²) >= 11 is 0. The van der Waals surface area contributed by atoms with Crippen molar-refractivity contribution < 1.29 is 14.5 Å². The van der Waals surface area contributed by atoms with Gasteiger partial charge in [0, 0.05) is 6.42 Å². The minimum atomic E-state index is -0.992. The molecule has 0 saturated heterocycles. The molecular weight excluding hydrogens is 327 g/mol. The highest BCUT2D eigenvalue weighted by molar-refractivity contribution is 6.46. The minimum absolute atomic E-state index is 0.0177. The van der Waals surface area contributed by atoms with Crippen LogP contribution in [-0.2, 0) is 11.2 Å². The second-order valence-corrected chi connectivity index (χ2v) is 8.15. The van der Waals surface area contributed by atoms with Crippen molar-refractivity contribution in [2.24, 2.45) is 23.5 Å². The van der Waals surface area contributed by atoms with Crippen molar-refractivity contribution in [2.45, 2.75) is 58.3 Å². The van der Waals surface area contributed by atoms with Gasteiger partial charge in [0.05, 0.1) is 5.94 Å². The Kier molecular flexibility index (Phi) is 6.25. The largest absolute Gasteiger partial charge is 0.547 e. The van der Waals surface area contributed by atoms with Gasteiger partial charge in [0.1, 0.15) is 5.75 Å². The van der Waals surface area contributed by atoms with Gasteiger partial charge in [0.25, 0.3) is 0 Å². The molecule has 4 N–H and O–H groups in total. The van der Waals surface area contributed by atoms with Crippen LogP contribution < -0.4 is 15.7 Å². The topological polar surface area (TPSA) is 84.6 Å². The fourth-order valence-corrected chi connectivity index (χ4v) is 4.39. The highest BCUT2D eigenvalue weighted by Crippen LogP contribution is 2.35. The summed E-state index contributed by atoms with van der Waals surface area (Å²) < 4.78 is 5.65. The second kappa shape index (κ2) is 8.44. The van der Waals surface area contributed by atoms with E-state index in [1.165, 1.54) is 0 Å². The summed E-state index contributed by atoms with van der Waals surface area (Å²) in [5, 5.41) is 13.3. The normalized spacial score (nSPS) is 26.6. The molecule has 1 aliphatic carbocycles. The van der Waals surface area contributed by atoms with Crippen LogP contribution in [0.15, 0.2) is 18.2 Å². The molecule has 1 saturated carbocycles. The third kappa shape index (κ3) is 4.41. The monoisotopic (exact) mass is 358 g/mol. The molecule has 0 unspecified atom stereocenters. The third-order valence-corrected chi connectivity index (χ3v) is 6.20. The fourth-order valence-electron chi connectivity index (χ4n) is 4.39. The molecule has 0 bridgehead atoms. The van der Waals surface area contributed by atoms with E-state index in [-0.39, 0.29) is 11.8 Å². The van der Waals surface area contributed by atoms with Gasteiger partial charge in [-0.15, -0.1) is 0 Å². The quantitative estimate of drug-likeness (QED) is 0.705. The zero-order valence-electron chi connectivity index (χ0n) is 15.9. The summed E-state index contributed by atoms with van der Waals surface area (Å²) in [6.45, 7) is 4.93. The van der Waals surface area contributed by atoms with Crippen molar-refractivity contribution in [3.8, 4) is 5.75 Å². The van der Waals surface area contributed by atoms with Crippen LogP contribution in [0.3, 0.4) is 0 Å². The average molecular weight is 358 g/mol. The number of aryl methyl sites for hydroxylation is 1. The number of amides is 1. The molecule has 1 aromatic carbocycles. The predicted octanol–water partition coefficient (Wildman–Crippen LogP) is 2.23. The van der Waals surface area contributed by atoms with Gasteiger partial charge >= 0.3 is 7.12 Å². The van der Waals surface area contributed by atoms with E-state index in [1.54, 1.807) is 0 Å². The number of nitrogens with two attached hydrogens (primary N) is 1. The Morgan fingerprint density at radius 2 is 2.12 bits per heavy atom. The van der Waals surface area contributed by atoms with Gasteiger partial charge in [-0.05, 0) is 74.5 Å². The molecule has 0 radical (unpaired) electrons. The summed E-state index contributed by atoms with van der Waals surface area (Å²) in [5.74, 6) is 2.09. The molecule has 0 aromatic heterocycles. The number of carbonyl (C=O) groups excluding carboxylic acids is 1. The number of rotatable bonds is 5. The van der Waals surface area contributed by atoms with Crippen LogP contribution in [0.25, 0.3) is 0 Å². The molecule has 0 spiro atoms. The maximum atomic E-state index is 12.5. The number of carbonyl (C=O) groups is 1. The average Bonchev–Trinajstić information content (AvgIpc) is 2.63. The molecule has 26 heavy (non-hydrogen) atoms. The van der Waals surface area contributed by atoms with Crippen LogP contribution >= 0.6 is 0 Å². The molecule has 2 atom stereocenters. The van der Waals surface area contributed by atoms with Gasteiger partial charge in [0.15, 0.2) is 0 Å². The minimum Gasteiger partial charge on any atom is -0.534 e. The molecule has 1 heterocycles. The second-order valence-electron chi connectivity index (χ2n) is 8.15. The molecule has 3 rings (SSSR count). The van der Waals surface area contributed by atoms with Crippen molar-refractivity contribution >= 4 is 13.0 Å². The van der Waals surface area contributed by atoms with Crippen molar-refractivity contribution in [2.75, 3.05) is 6.54 Å². The molecule has 1 amide bonds. The lowest BCUT2D eigenvalue weighted by molar-refractivity contribution is -0.122.